The van der Waals surface area contributed by atoms with Crippen LogP contribution in [-0.4, -0.2) is 22.7 Å². The normalized spacial score (nSPS) is 11.7. The van der Waals surface area contributed by atoms with E-state index >= 15 is 0 Å². The molecule has 0 saturated carbocycles. The smallest absolute Gasteiger partial charge is 0.261 e. The number of nitrogens with two attached hydrogens (primary N) is 1. The summed E-state index contributed by atoms with van der Waals surface area (Å²) in [4.78, 5) is 10.8. The van der Waals surface area contributed by atoms with E-state index in [9.17, 15) is 21.6 Å². The van der Waals surface area contributed by atoms with Gasteiger partial charge in [-0.05, 0) is 48.4 Å². The zero-order chi connectivity index (χ0) is 21.8. The standard InChI is InChI=1S/C21H20N2O5S2/c22-21(24)14-13-16-7-4-5-12-20(16)23-30(27,28)19-11-6-10-18(15-19)29(25,26)17-8-2-1-3-9-17/h1-12,15,23H,13-14H2,(H2,22,24). The van der Waals surface area contributed by atoms with E-state index in [-0.39, 0.29) is 27.5 Å². The van der Waals surface area contributed by atoms with Gasteiger partial charge in [-0.3, -0.25) is 9.52 Å². The number of sulfonamides is 1. The second-order valence-corrected chi connectivity index (χ2v) is 10.2. The van der Waals surface area contributed by atoms with Crippen LogP contribution in [0.3, 0.4) is 0 Å². The summed E-state index contributed by atoms with van der Waals surface area (Å²) in [5.74, 6) is -0.494. The van der Waals surface area contributed by atoms with E-state index in [1.807, 2.05) is 0 Å². The Kier molecular flexibility index (Phi) is 6.23. The highest BCUT2D eigenvalue weighted by molar-refractivity contribution is 7.93. The van der Waals surface area contributed by atoms with Crippen molar-refractivity contribution in [2.75, 3.05) is 4.72 Å². The number of nitrogens with one attached hydrogen (secondary N) is 1. The fourth-order valence-electron chi connectivity index (χ4n) is 2.84. The zero-order valence-corrected chi connectivity index (χ0v) is 17.5. The van der Waals surface area contributed by atoms with Gasteiger partial charge < -0.3 is 5.73 Å². The van der Waals surface area contributed by atoms with Crippen molar-refractivity contribution < 1.29 is 21.6 Å². The molecule has 1 amide bonds. The Labute approximate surface area is 175 Å². The molecule has 0 atom stereocenters. The molecule has 156 valence electrons. The SMILES string of the molecule is NC(=O)CCc1ccccc1NS(=O)(=O)c1cccc(S(=O)(=O)c2ccccc2)c1. The lowest BCUT2D eigenvalue weighted by Gasteiger charge is -2.13. The quantitative estimate of drug-likeness (QED) is 0.553. The minimum Gasteiger partial charge on any atom is -0.370 e. The van der Waals surface area contributed by atoms with Crippen LogP contribution >= 0.6 is 0 Å². The molecule has 0 bridgehead atoms. The first-order valence-electron chi connectivity index (χ1n) is 8.99. The number of benzene rings is 3. The Morgan fingerprint density at radius 2 is 1.37 bits per heavy atom. The molecule has 0 radical (unpaired) electrons. The van der Waals surface area contributed by atoms with Gasteiger partial charge >= 0.3 is 0 Å². The van der Waals surface area contributed by atoms with Gasteiger partial charge in [0.1, 0.15) is 0 Å². The van der Waals surface area contributed by atoms with Crippen LogP contribution < -0.4 is 10.5 Å². The summed E-state index contributed by atoms with van der Waals surface area (Å²) in [6, 6.07) is 19.6. The van der Waals surface area contributed by atoms with Gasteiger partial charge in [0.2, 0.25) is 15.7 Å². The molecule has 3 aromatic carbocycles. The van der Waals surface area contributed by atoms with Crippen molar-refractivity contribution >= 4 is 31.5 Å². The number of hydrogen-bond donors (Lipinski definition) is 2. The molecule has 0 aromatic heterocycles. The molecule has 3 N–H and O–H groups in total. The first kappa shape index (κ1) is 21.5. The van der Waals surface area contributed by atoms with Gasteiger partial charge in [-0.15, -0.1) is 0 Å². The Balaban J connectivity index is 1.94. The Bertz CT molecular complexity index is 1270. The van der Waals surface area contributed by atoms with Crippen LogP contribution in [0.4, 0.5) is 5.69 Å². The van der Waals surface area contributed by atoms with Crippen molar-refractivity contribution in [1.82, 2.24) is 0 Å². The van der Waals surface area contributed by atoms with Crippen molar-refractivity contribution in [3.8, 4) is 0 Å². The third kappa shape index (κ3) is 4.87. The van der Waals surface area contributed by atoms with Gasteiger partial charge in [-0.25, -0.2) is 16.8 Å². The number of aryl methyl sites for hydroxylation is 1. The third-order valence-corrected chi connectivity index (χ3v) is 7.51. The fraction of sp³-hybridized carbons (Fsp3) is 0.0952. The maximum Gasteiger partial charge on any atom is 0.261 e. The van der Waals surface area contributed by atoms with E-state index in [0.29, 0.717) is 11.3 Å². The molecule has 9 heteroatoms. The van der Waals surface area contributed by atoms with E-state index in [1.54, 1.807) is 42.5 Å². The second kappa shape index (κ2) is 8.68. The molecular formula is C21H20N2O5S2. The summed E-state index contributed by atoms with van der Waals surface area (Å²) in [6.45, 7) is 0. The van der Waals surface area contributed by atoms with Crippen molar-refractivity contribution in [1.29, 1.82) is 0 Å². The van der Waals surface area contributed by atoms with Gasteiger partial charge in [-0.1, -0.05) is 42.5 Å². The highest BCUT2D eigenvalue weighted by Crippen LogP contribution is 2.25. The Morgan fingerprint density at radius 1 is 0.767 bits per heavy atom. The Hall–Kier alpha value is -3.17. The van der Waals surface area contributed by atoms with Crippen molar-refractivity contribution in [2.45, 2.75) is 27.5 Å². The maximum absolute atomic E-state index is 12.9. The number of rotatable bonds is 8. The summed E-state index contributed by atoms with van der Waals surface area (Å²) in [5.41, 5.74) is 6.09. The zero-order valence-electron chi connectivity index (χ0n) is 15.9. The molecule has 0 saturated heterocycles. The molecule has 3 aromatic rings. The molecule has 7 nitrogen and oxygen atoms in total. The van der Waals surface area contributed by atoms with Crippen LogP contribution in [0.25, 0.3) is 0 Å². The number of carbonyl (C=O) groups excluding carboxylic acids is 1. The summed E-state index contributed by atoms with van der Waals surface area (Å²) in [6.07, 6.45) is 0.347. The largest absolute Gasteiger partial charge is 0.370 e. The lowest BCUT2D eigenvalue weighted by atomic mass is 10.1. The molecule has 0 spiro atoms. The predicted molar refractivity (Wildman–Crippen MR) is 113 cm³/mol. The van der Waals surface area contributed by atoms with E-state index in [2.05, 4.69) is 4.72 Å². The summed E-state index contributed by atoms with van der Waals surface area (Å²) in [7, 11) is -7.93. The minimum absolute atomic E-state index is 0.0730. The van der Waals surface area contributed by atoms with Crippen LogP contribution in [-0.2, 0) is 31.1 Å². The number of para-hydroxylation sites is 1. The molecule has 0 aliphatic carbocycles. The molecule has 30 heavy (non-hydrogen) atoms. The number of sulfone groups is 1. The van der Waals surface area contributed by atoms with E-state index in [4.69, 9.17) is 5.73 Å². The van der Waals surface area contributed by atoms with Crippen LogP contribution in [0.1, 0.15) is 12.0 Å². The number of hydrogen-bond acceptors (Lipinski definition) is 5. The lowest BCUT2D eigenvalue weighted by Crippen LogP contribution is -2.16. The van der Waals surface area contributed by atoms with Crippen LogP contribution in [0, 0.1) is 0 Å². The Morgan fingerprint density at radius 3 is 2.07 bits per heavy atom. The summed E-state index contributed by atoms with van der Waals surface area (Å²) in [5, 5.41) is 0. The lowest BCUT2D eigenvalue weighted by molar-refractivity contribution is -0.117. The van der Waals surface area contributed by atoms with Gasteiger partial charge in [0.25, 0.3) is 10.0 Å². The molecule has 0 unspecified atom stereocenters. The topological polar surface area (TPSA) is 123 Å². The van der Waals surface area contributed by atoms with E-state index in [0.717, 1.165) is 6.07 Å². The van der Waals surface area contributed by atoms with E-state index < -0.39 is 25.8 Å². The van der Waals surface area contributed by atoms with Gasteiger partial charge in [0.05, 0.1) is 20.4 Å². The van der Waals surface area contributed by atoms with Gasteiger partial charge in [0.15, 0.2) is 0 Å². The average Bonchev–Trinajstić information content (AvgIpc) is 2.73. The minimum atomic E-state index is -4.07. The molecule has 0 fully saturated rings. The van der Waals surface area contributed by atoms with Gasteiger partial charge in [0, 0.05) is 6.42 Å². The highest BCUT2D eigenvalue weighted by atomic mass is 32.2. The third-order valence-electron chi connectivity index (χ3n) is 4.38. The molecule has 0 aliphatic rings. The summed E-state index contributed by atoms with van der Waals surface area (Å²) >= 11 is 0. The fourth-order valence-corrected chi connectivity index (χ4v) is 5.39. The van der Waals surface area contributed by atoms with Crippen molar-refractivity contribution in [3.05, 3.63) is 84.4 Å². The van der Waals surface area contributed by atoms with Crippen LogP contribution in [0.15, 0.2) is 93.5 Å². The average molecular weight is 445 g/mol. The van der Waals surface area contributed by atoms with E-state index in [1.165, 1.54) is 30.3 Å². The monoisotopic (exact) mass is 444 g/mol. The molecule has 0 aliphatic heterocycles. The molecule has 3 rings (SSSR count). The summed E-state index contributed by atoms with van der Waals surface area (Å²) < 4.78 is 53.9. The first-order valence-corrected chi connectivity index (χ1v) is 12.0. The number of primary amides is 1. The second-order valence-electron chi connectivity index (χ2n) is 6.52. The number of amides is 1. The van der Waals surface area contributed by atoms with Crippen molar-refractivity contribution in [3.63, 3.8) is 0 Å². The molecule has 0 heterocycles. The van der Waals surface area contributed by atoms with Gasteiger partial charge in [-0.2, -0.15) is 0 Å². The van der Waals surface area contributed by atoms with Crippen molar-refractivity contribution in [2.24, 2.45) is 5.73 Å². The maximum atomic E-state index is 12.9. The van der Waals surface area contributed by atoms with Crippen LogP contribution in [0.2, 0.25) is 0 Å². The number of carbonyl (C=O) groups is 1. The molecular weight excluding hydrogens is 424 g/mol. The number of anilines is 1. The van der Waals surface area contributed by atoms with Crippen LogP contribution in [0.5, 0.6) is 0 Å². The predicted octanol–water partition coefficient (Wildman–Crippen LogP) is 2.74. The first-order chi connectivity index (χ1) is 14.2. The highest BCUT2D eigenvalue weighted by Gasteiger charge is 2.22.